The number of rotatable bonds is 9. The molecule has 2 aliphatic heterocycles. The maximum atomic E-state index is 5.83. The Kier molecular flexibility index (Phi) is 11.8. The molecule has 9 heteroatoms. The van der Waals surface area contributed by atoms with Crippen LogP contribution in [0.15, 0.2) is 23.2 Å². The Balaban J connectivity index is 0.00000385. The van der Waals surface area contributed by atoms with Gasteiger partial charge in [-0.25, -0.2) is 0 Å². The molecule has 33 heavy (non-hydrogen) atoms. The van der Waals surface area contributed by atoms with Gasteiger partial charge < -0.3 is 29.7 Å². The molecule has 3 unspecified atom stereocenters. The number of anilines is 1. The van der Waals surface area contributed by atoms with Gasteiger partial charge in [-0.3, -0.25) is 9.89 Å². The summed E-state index contributed by atoms with van der Waals surface area (Å²) in [5.41, 5.74) is 1.13. The minimum Gasteiger partial charge on any atom is -0.497 e. The summed E-state index contributed by atoms with van der Waals surface area (Å²) in [5, 5.41) is 7.03. The van der Waals surface area contributed by atoms with Gasteiger partial charge in [-0.05, 0) is 33.6 Å². The molecule has 0 radical (unpaired) electrons. The smallest absolute Gasteiger partial charge is 0.191 e. The van der Waals surface area contributed by atoms with E-state index in [4.69, 9.17) is 19.2 Å². The number of morpholine rings is 1. The fraction of sp³-hybridized carbons (Fsp3) is 0.708. The summed E-state index contributed by atoms with van der Waals surface area (Å²) in [6.45, 7) is 13.1. The number of halogens is 1. The first kappa shape index (κ1) is 27.8. The van der Waals surface area contributed by atoms with E-state index in [-0.39, 0.29) is 24.0 Å². The Morgan fingerprint density at radius 2 is 1.76 bits per heavy atom. The molecule has 2 saturated heterocycles. The number of benzene rings is 1. The standard InChI is InChI=1S/C24H41N5O3.HI/c1-6-25-24(26-9-7-10-28-15-18(2)32-19(3)16-28)27-20-8-11-29(17-20)21-12-22(30-4)14-23(13-21)31-5;/h12-14,18-20H,6-11,15-17H2,1-5H3,(H2,25,26,27);1H. The quantitative estimate of drug-likeness (QED) is 0.203. The number of nitrogens with one attached hydrogen (secondary N) is 2. The average molecular weight is 576 g/mol. The molecule has 0 amide bonds. The molecule has 0 aromatic heterocycles. The number of nitrogens with zero attached hydrogens (tertiary/aromatic N) is 3. The minimum atomic E-state index is 0. The molecule has 8 nitrogen and oxygen atoms in total. The first-order chi connectivity index (χ1) is 15.5. The molecule has 0 spiro atoms. The van der Waals surface area contributed by atoms with E-state index in [1.807, 2.05) is 6.07 Å². The van der Waals surface area contributed by atoms with Gasteiger partial charge in [0.25, 0.3) is 0 Å². The van der Waals surface area contributed by atoms with Crippen molar-refractivity contribution in [3.8, 4) is 11.5 Å². The van der Waals surface area contributed by atoms with Gasteiger partial charge in [0.05, 0.1) is 26.4 Å². The van der Waals surface area contributed by atoms with Crippen molar-refractivity contribution < 1.29 is 14.2 Å². The fourth-order valence-electron chi connectivity index (χ4n) is 4.55. The molecule has 2 aliphatic rings. The molecule has 0 saturated carbocycles. The van der Waals surface area contributed by atoms with Crippen LogP contribution in [0.3, 0.4) is 0 Å². The van der Waals surface area contributed by atoms with Crippen molar-refractivity contribution in [3.63, 3.8) is 0 Å². The van der Waals surface area contributed by atoms with Gasteiger partial charge in [0.1, 0.15) is 11.5 Å². The lowest BCUT2D eigenvalue weighted by atomic mass is 10.2. The summed E-state index contributed by atoms with van der Waals surface area (Å²) in [5.74, 6) is 2.54. The molecule has 0 bridgehead atoms. The number of ether oxygens (including phenoxy) is 3. The third kappa shape index (κ3) is 8.68. The SMILES string of the molecule is CCNC(=NCCCN1CC(C)OC(C)C1)NC1CCN(c2cc(OC)cc(OC)c2)C1.I. The largest absolute Gasteiger partial charge is 0.497 e. The predicted molar refractivity (Wildman–Crippen MR) is 146 cm³/mol. The van der Waals surface area contributed by atoms with Gasteiger partial charge in [0, 0.05) is 75.7 Å². The van der Waals surface area contributed by atoms with E-state index in [9.17, 15) is 0 Å². The molecule has 188 valence electrons. The van der Waals surface area contributed by atoms with Crippen LogP contribution in [0, 0.1) is 0 Å². The Hall–Kier alpha value is -1.46. The zero-order valence-corrected chi connectivity index (χ0v) is 23.1. The predicted octanol–water partition coefficient (Wildman–Crippen LogP) is 2.95. The molecule has 3 atom stereocenters. The zero-order chi connectivity index (χ0) is 22.9. The van der Waals surface area contributed by atoms with E-state index in [1.165, 1.54) is 0 Å². The van der Waals surface area contributed by atoms with Crippen molar-refractivity contribution in [1.29, 1.82) is 0 Å². The van der Waals surface area contributed by atoms with E-state index in [0.29, 0.717) is 18.2 Å². The molecule has 2 fully saturated rings. The highest BCUT2D eigenvalue weighted by Crippen LogP contribution is 2.30. The lowest BCUT2D eigenvalue weighted by Gasteiger charge is -2.35. The summed E-state index contributed by atoms with van der Waals surface area (Å²) >= 11 is 0. The van der Waals surface area contributed by atoms with Crippen LogP contribution in [0.1, 0.15) is 33.6 Å². The van der Waals surface area contributed by atoms with Crippen LogP contribution < -0.4 is 25.0 Å². The first-order valence-corrected chi connectivity index (χ1v) is 11.9. The van der Waals surface area contributed by atoms with Crippen LogP contribution in [0.5, 0.6) is 11.5 Å². The van der Waals surface area contributed by atoms with E-state index < -0.39 is 0 Å². The molecule has 3 rings (SSSR count). The normalized spacial score (nSPS) is 23.7. The van der Waals surface area contributed by atoms with Crippen LogP contribution in [0.2, 0.25) is 0 Å². The maximum absolute atomic E-state index is 5.83. The highest BCUT2D eigenvalue weighted by Gasteiger charge is 2.24. The lowest BCUT2D eigenvalue weighted by Crippen LogP contribution is -2.46. The van der Waals surface area contributed by atoms with Crippen LogP contribution in [0.25, 0.3) is 0 Å². The molecule has 1 aromatic rings. The number of aliphatic imine (C=N–C) groups is 1. The third-order valence-corrected chi connectivity index (χ3v) is 5.97. The number of methoxy groups -OCH3 is 2. The Morgan fingerprint density at radius 1 is 1.09 bits per heavy atom. The highest BCUT2D eigenvalue weighted by atomic mass is 127. The summed E-state index contributed by atoms with van der Waals surface area (Å²) in [6.07, 6.45) is 2.75. The van der Waals surface area contributed by atoms with Gasteiger partial charge >= 0.3 is 0 Å². The van der Waals surface area contributed by atoms with Gasteiger partial charge in [0.2, 0.25) is 0 Å². The molecule has 1 aromatic carbocycles. The van der Waals surface area contributed by atoms with Crippen molar-refractivity contribution in [1.82, 2.24) is 15.5 Å². The summed E-state index contributed by atoms with van der Waals surface area (Å²) in [6, 6.07) is 6.39. The average Bonchev–Trinajstić information content (AvgIpc) is 3.24. The van der Waals surface area contributed by atoms with E-state index in [1.54, 1.807) is 14.2 Å². The van der Waals surface area contributed by atoms with Crippen molar-refractivity contribution in [3.05, 3.63) is 18.2 Å². The highest BCUT2D eigenvalue weighted by molar-refractivity contribution is 14.0. The monoisotopic (exact) mass is 575 g/mol. The summed E-state index contributed by atoms with van der Waals surface area (Å²) in [4.78, 5) is 9.69. The van der Waals surface area contributed by atoms with Crippen LogP contribution in [0.4, 0.5) is 5.69 Å². The van der Waals surface area contributed by atoms with Crippen LogP contribution >= 0.6 is 24.0 Å². The molecular weight excluding hydrogens is 533 g/mol. The number of hydrogen-bond donors (Lipinski definition) is 2. The second-order valence-electron chi connectivity index (χ2n) is 8.78. The molecular formula is C24H42IN5O3. The van der Waals surface area contributed by atoms with Crippen molar-refractivity contribution in [2.75, 3.05) is 64.9 Å². The Labute approximate surface area is 216 Å². The van der Waals surface area contributed by atoms with Gasteiger partial charge in [-0.1, -0.05) is 0 Å². The fourth-order valence-corrected chi connectivity index (χ4v) is 4.55. The van der Waals surface area contributed by atoms with Crippen molar-refractivity contribution >= 4 is 35.6 Å². The third-order valence-electron chi connectivity index (χ3n) is 5.97. The van der Waals surface area contributed by atoms with Crippen molar-refractivity contribution in [2.24, 2.45) is 4.99 Å². The lowest BCUT2D eigenvalue weighted by molar-refractivity contribution is -0.0679. The second kappa shape index (κ2) is 14.1. The Bertz CT molecular complexity index is 719. The molecule has 2 heterocycles. The number of guanidine groups is 1. The van der Waals surface area contributed by atoms with E-state index in [2.05, 4.69) is 53.3 Å². The number of hydrogen-bond acceptors (Lipinski definition) is 6. The van der Waals surface area contributed by atoms with Gasteiger partial charge in [-0.2, -0.15) is 0 Å². The van der Waals surface area contributed by atoms with Gasteiger partial charge in [-0.15, -0.1) is 24.0 Å². The first-order valence-electron chi connectivity index (χ1n) is 11.9. The Morgan fingerprint density at radius 3 is 2.36 bits per heavy atom. The van der Waals surface area contributed by atoms with Gasteiger partial charge in [0.15, 0.2) is 5.96 Å². The van der Waals surface area contributed by atoms with Crippen molar-refractivity contribution in [2.45, 2.75) is 51.9 Å². The summed E-state index contributed by atoms with van der Waals surface area (Å²) < 4.78 is 16.7. The maximum Gasteiger partial charge on any atom is 0.191 e. The minimum absolute atomic E-state index is 0. The summed E-state index contributed by atoms with van der Waals surface area (Å²) in [7, 11) is 3.37. The zero-order valence-electron chi connectivity index (χ0n) is 20.8. The topological polar surface area (TPSA) is 70.6 Å². The van der Waals surface area contributed by atoms with Crippen LogP contribution in [-0.2, 0) is 4.74 Å². The molecule has 0 aliphatic carbocycles. The van der Waals surface area contributed by atoms with E-state index >= 15 is 0 Å². The second-order valence-corrected chi connectivity index (χ2v) is 8.78. The molecule has 2 N–H and O–H groups in total. The van der Waals surface area contributed by atoms with Crippen LogP contribution in [-0.4, -0.2) is 89.1 Å². The van der Waals surface area contributed by atoms with E-state index in [0.717, 1.165) is 81.8 Å².